The minimum Gasteiger partial charge on any atom is -0.122 e. The quantitative estimate of drug-likeness (QED) is 0.501. The fourth-order valence-corrected chi connectivity index (χ4v) is 9.81. The Kier molecular flexibility index (Phi) is 4.70. The van der Waals surface area contributed by atoms with Gasteiger partial charge in [0.05, 0.1) is 0 Å². The first kappa shape index (κ1) is 18.6. The van der Waals surface area contributed by atoms with Crippen LogP contribution in [0, 0.1) is 41.4 Å². The molecule has 1 heteroatoms. The van der Waals surface area contributed by atoms with E-state index < -0.39 is 0 Å². The van der Waals surface area contributed by atoms with Crippen molar-refractivity contribution < 1.29 is 0 Å². The highest BCUT2D eigenvalue weighted by Crippen LogP contribution is 2.67. The van der Waals surface area contributed by atoms with Crippen molar-refractivity contribution in [2.45, 2.75) is 95.1 Å². The van der Waals surface area contributed by atoms with Crippen molar-refractivity contribution in [1.29, 1.82) is 0 Å². The van der Waals surface area contributed by atoms with E-state index in [9.17, 15) is 0 Å². The summed E-state index contributed by atoms with van der Waals surface area (Å²) in [6, 6.07) is 9.38. The van der Waals surface area contributed by atoms with Crippen LogP contribution in [0.15, 0.2) is 29.2 Å². The van der Waals surface area contributed by atoms with E-state index in [4.69, 9.17) is 0 Å². The third kappa shape index (κ3) is 3.02. The first-order valence-corrected chi connectivity index (χ1v) is 12.6. The second-order valence-electron chi connectivity index (χ2n) is 11.0. The molecule has 0 N–H and O–H groups in total. The highest BCUT2D eigenvalue weighted by molar-refractivity contribution is 8.00. The molecule has 0 amide bonds. The van der Waals surface area contributed by atoms with E-state index >= 15 is 0 Å². The Morgan fingerprint density at radius 1 is 0.815 bits per heavy atom. The predicted molar refractivity (Wildman–Crippen MR) is 117 cm³/mol. The molecular weight excluding hydrogens is 344 g/mol. The second kappa shape index (κ2) is 6.82. The Hall–Kier alpha value is -0.430. The second-order valence-corrected chi connectivity index (χ2v) is 12.3. The maximum absolute atomic E-state index is 2.73. The van der Waals surface area contributed by atoms with E-state index in [2.05, 4.69) is 56.8 Å². The van der Waals surface area contributed by atoms with Crippen LogP contribution in [-0.2, 0) is 0 Å². The van der Waals surface area contributed by atoms with Crippen LogP contribution in [0.1, 0.15) is 83.6 Å². The summed E-state index contributed by atoms with van der Waals surface area (Å²) >= 11 is 2.25. The molecule has 0 bridgehead atoms. The average Bonchev–Trinajstić information content (AvgIpc) is 3.05. The van der Waals surface area contributed by atoms with E-state index in [1.807, 2.05) is 0 Å². The number of thioether (sulfide) groups is 1. The van der Waals surface area contributed by atoms with E-state index in [-0.39, 0.29) is 0 Å². The lowest BCUT2D eigenvalue weighted by Gasteiger charge is -2.62. The van der Waals surface area contributed by atoms with Crippen LogP contribution >= 0.6 is 11.8 Å². The Labute approximate surface area is 171 Å². The average molecular weight is 383 g/mol. The zero-order chi connectivity index (χ0) is 18.6. The fourth-order valence-electron chi connectivity index (χ4n) is 8.24. The fraction of sp³-hybridized carbons (Fsp3) is 0.769. The van der Waals surface area contributed by atoms with Crippen LogP contribution in [0.5, 0.6) is 0 Å². The molecular formula is C26H38S. The van der Waals surface area contributed by atoms with Crippen molar-refractivity contribution in [1.82, 2.24) is 0 Å². The molecule has 0 nitrogen and oxygen atoms in total. The van der Waals surface area contributed by atoms with Crippen LogP contribution in [0.3, 0.4) is 0 Å². The van der Waals surface area contributed by atoms with Gasteiger partial charge in [-0.05, 0) is 98.5 Å². The summed E-state index contributed by atoms with van der Waals surface area (Å²) in [5.74, 6) is 4.00. The molecule has 27 heavy (non-hydrogen) atoms. The van der Waals surface area contributed by atoms with E-state index in [1.165, 1.54) is 74.7 Å². The van der Waals surface area contributed by atoms with Crippen LogP contribution in [0.2, 0.25) is 0 Å². The predicted octanol–water partition coefficient (Wildman–Crippen LogP) is 7.89. The van der Waals surface area contributed by atoms with Gasteiger partial charge in [-0.25, -0.2) is 0 Å². The molecule has 5 rings (SSSR count). The number of hydrogen-bond acceptors (Lipinski definition) is 1. The van der Waals surface area contributed by atoms with E-state index in [0.29, 0.717) is 10.8 Å². The molecule has 4 saturated carbocycles. The summed E-state index contributed by atoms with van der Waals surface area (Å²) in [5.41, 5.74) is 2.69. The maximum Gasteiger partial charge on any atom is 0.0131 e. The summed E-state index contributed by atoms with van der Waals surface area (Å²) in [5, 5.41) is 0.849. The molecule has 4 aliphatic carbocycles. The first-order valence-electron chi connectivity index (χ1n) is 11.7. The molecule has 0 saturated heterocycles. The molecule has 0 heterocycles. The smallest absolute Gasteiger partial charge is 0.0131 e. The molecule has 0 radical (unpaired) electrons. The molecule has 0 unspecified atom stereocenters. The zero-order valence-corrected chi connectivity index (χ0v) is 18.5. The SMILES string of the molecule is Cc1ccc(S[C@@H]2C[C@H]3[C@@H]4CCC[C@@]4(C)CC[C@@H]3[C@@]3(C)CCCC[C@H]23)cc1. The molecule has 7 atom stereocenters. The van der Waals surface area contributed by atoms with Crippen molar-refractivity contribution >= 4 is 11.8 Å². The Bertz CT molecular complexity index is 678. The highest BCUT2D eigenvalue weighted by atomic mass is 32.2. The molecule has 1 aromatic rings. The number of fused-ring (bicyclic) bond motifs is 5. The lowest BCUT2D eigenvalue weighted by Crippen LogP contribution is -2.55. The van der Waals surface area contributed by atoms with Crippen LogP contribution in [-0.4, -0.2) is 5.25 Å². The third-order valence-corrected chi connectivity index (χ3v) is 11.0. The van der Waals surface area contributed by atoms with Gasteiger partial charge in [0.2, 0.25) is 0 Å². The van der Waals surface area contributed by atoms with Crippen molar-refractivity contribution in [3.05, 3.63) is 29.8 Å². The van der Waals surface area contributed by atoms with Crippen molar-refractivity contribution in [3.63, 3.8) is 0 Å². The first-order chi connectivity index (χ1) is 13.0. The summed E-state index contributed by atoms with van der Waals surface area (Å²) < 4.78 is 0. The van der Waals surface area contributed by atoms with Gasteiger partial charge in [-0.2, -0.15) is 0 Å². The lowest BCUT2D eigenvalue weighted by atomic mass is 9.45. The van der Waals surface area contributed by atoms with Gasteiger partial charge in [0, 0.05) is 10.1 Å². The molecule has 0 spiro atoms. The van der Waals surface area contributed by atoms with Gasteiger partial charge in [0.1, 0.15) is 0 Å². The molecule has 1 aromatic carbocycles. The largest absolute Gasteiger partial charge is 0.122 e. The number of rotatable bonds is 2. The van der Waals surface area contributed by atoms with Gasteiger partial charge in [-0.15, -0.1) is 11.8 Å². The molecule has 0 aliphatic heterocycles. The van der Waals surface area contributed by atoms with Gasteiger partial charge < -0.3 is 0 Å². The Morgan fingerprint density at radius 2 is 1.59 bits per heavy atom. The summed E-state index contributed by atoms with van der Waals surface area (Å²) in [6.45, 7) is 7.59. The van der Waals surface area contributed by atoms with Gasteiger partial charge in [0.25, 0.3) is 0 Å². The van der Waals surface area contributed by atoms with E-state index in [0.717, 1.165) is 28.9 Å². The minimum atomic E-state index is 0.619. The zero-order valence-electron chi connectivity index (χ0n) is 17.7. The number of benzene rings is 1. The van der Waals surface area contributed by atoms with Crippen molar-refractivity contribution in [2.75, 3.05) is 0 Å². The topological polar surface area (TPSA) is 0 Å². The van der Waals surface area contributed by atoms with Gasteiger partial charge in [0.15, 0.2) is 0 Å². The van der Waals surface area contributed by atoms with Crippen molar-refractivity contribution in [3.8, 4) is 0 Å². The minimum absolute atomic E-state index is 0.619. The number of aryl methyl sites for hydroxylation is 1. The third-order valence-electron chi connectivity index (χ3n) is 9.65. The summed E-state index contributed by atoms with van der Waals surface area (Å²) in [4.78, 5) is 1.52. The summed E-state index contributed by atoms with van der Waals surface area (Å²) in [7, 11) is 0. The van der Waals surface area contributed by atoms with Gasteiger partial charge >= 0.3 is 0 Å². The molecule has 148 valence electrons. The Balaban J connectivity index is 1.47. The maximum atomic E-state index is 2.73. The van der Waals surface area contributed by atoms with Crippen LogP contribution < -0.4 is 0 Å². The highest BCUT2D eigenvalue weighted by Gasteiger charge is 2.59. The van der Waals surface area contributed by atoms with E-state index in [1.54, 1.807) is 0 Å². The standard InChI is InChI=1S/C26H38S/c1-18-9-11-19(12-10-18)27-24-17-20-21-8-6-14-25(21,2)16-13-22(20)26(3)15-5-4-7-23(24)26/h9-12,20-24H,4-8,13-17H2,1-3H3/t20-,21-,22-,23+,24+,25-,26+/m0/s1. The Morgan fingerprint density at radius 3 is 2.41 bits per heavy atom. The number of hydrogen-bond donors (Lipinski definition) is 0. The van der Waals surface area contributed by atoms with Gasteiger partial charge in [-0.1, -0.05) is 50.8 Å². The molecule has 4 aliphatic rings. The normalized spacial score (nSPS) is 46.4. The van der Waals surface area contributed by atoms with Crippen LogP contribution in [0.25, 0.3) is 0 Å². The van der Waals surface area contributed by atoms with Crippen molar-refractivity contribution in [2.24, 2.45) is 34.5 Å². The molecule has 4 fully saturated rings. The molecule has 0 aromatic heterocycles. The van der Waals surface area contributed by atoms with Crippen LogP contribution in [0.4, 0.5) is 0 Å². The van der Waals surface area contributed by atoms with Gasteiger partial charge in [-0.3, -0.25) is 0 Å². The lowest BCUT2D eigenvalue weighted by molar-refractivity contribution is -0.0994. The monoisotopic (exact) mass is 382 g/mol. The summed E-state index contributed by atoms with van der Waals surface area (Å²) in [6.07, 6.45) is 15.1.